The molecule has 0 aromatic heterocycles. The highest BCUT2D eigenvalue weighted by Crippen LogP contribution is 2.57. The van der Waals surface area contributed by atoms with E-state index in [0.29, 0.717) is 13.2 Å². The van der Waals surface area contributed by atoms with Gasteiger partial charge in [0.15, 0.2) is 6.29 Å². The van der Waals surface area contributed by atoms with Crippen LogP contribution in [0.15, 0.2) is 60.7 Å². The van der Waals surface area contributed by atoms with E-state index in [1.54, 1.807) is 7.11 Å². The number of ether oxygens (including phenoxy) is 3. The lowest BCUT2D eigenvalue weighted by Crippen LogP contribution is -2.39. The van der Waals surface area contributed by atoms with E-state index in [9.17, 15) is 0 Å². The maximum absolute atomic E-state index is 6.20. The fraction of sp³-hybridized carbons (Fsp3) is 0.261. The predicted molar refractivity (Wildman–Crippen MR) is 110 cm³/mol. The predicted octanol–water partition coefficient (Wildman–Crippen LogP) is 3.63. The van der Waals surface area contributed by atoms with Crippen molar-refractivity contribution in [2.45, 2.75) is 18.8 Å². The Kier molecular flexibility index (Phi) is 6.57. The Hall–Kier alpha value is -1.25. The molecule has 4 heteroatoms. The van der Waals surface area contributed by atoms with Gasteiger partial charge in [0, 0.05) is 18.7 Å². The number of benzene rings is 2. The second kappa shape index (κ2) is 9.30. The van der Waals surface area contributed by atoms with Crippen LogP contribution in [-0.4, -0.2) is 32.7 Å². The molecule has 4 rings (SSSR count). The number of rotatable bonds is 6. The highest BCUT2D eigenvalue weighted by molar-refractivity contribution is 7.76. The molecule has 1 saturated carbocycles. The molecule has 2 aromatic rings. The smallest absolute Gasteiger partial charge is 0.165 e. The quantitative estimate of drug-likeness (QED) is 0.718. The Bertz CT molecular complexity index is 652. The maximum Gasteiger partial charge on any atom is 0.165 e. The molecule has 3 nitrogen and oxygen atoms in total. The Balaban J connectivity index is 1.61. The lowest BCUT2D eigenvalue weighted by atomic mass is 10.1. The van der Waals surface area contributed by atoms with Crippen LogP contribution in [0.3, 0.4) is 0 Å². The minimum absolute atomic E-state index is 0.0798. The number of hydrogen-bond acceptors (Lipinski definition) is 3. The van der Waals surface area contributed by atoms with Gasteiger partial charge < -0.3 is 14.2 Å². The molecule has 2 atom stereocenters. The first-order valence-corrected chi connectivity index (χ1v) is 10.6. The average molecular weight is 379 g/mol. The highest BCUT2D eigenvalue weighted by atomic mass is 31.1. The Morgan fingerprint density at radius 3 is 2.26 bits per heavy atom. The summed E-state index contributed by atoms with van der Waals surface area (Å²) >= 11 is 0. The fourth-order valence-corrected chi connectivity index (χ4v) is 5.94. The van der Waals surface area contributed by atoms with E-state index < -0.39 is 7.92 Å². The summed E-state index contributed by atoms with van der Waals surface area (Å²) in [5.41, 5.74) is 1.30. The van der Waals surface area contributed by atoms with Crippen molar-refractivity contribution in [1.29, 1.82) is 0 Å². The zero-order valence-corrected chi connectivity index (χ0v) is 16.3. The first-order valence-electron chi connectivity index (χ1n) is 9.28. The van der Waals surface area contributed by atoms with Crippen molar-refractivity contribution in [2.75, 3.05) is 20.3 Å². The lowest BCUT2D eigenvalue weighted by Gasteiger charge is -2.37. The number of methoxy groups -OCH3 is 1. The van der Waals surface area contributed by atoms with Gasteiger partial charge in [0.25, 0.3) is 0 Å². The second-order valence-electron chi connectivity index (χ2n) is 6.58. The molecule has 0 unspecified atom stereocenters. The molecule has 1 aliphatic carbocycles. The Morgan fingerprint density at radius 2 is 1.63 bits per heavy atom. The first-order chi connectivity index (χ1) is 13.4. The molecule has 5 radical (unpaired) electrons. The van der Waals surface area contributed by atoms with E-state index in [1.165, 1.54) is 16.3 Å². The van der Waals surface area contributed by atoms with Gasteiger partial charge in [-0.25, -0.2) is 0 Å². The van der Waals surface area contributed by atoms with E-state index in [2.05, 4.69) is 79.9 Å². The van der Waals surface area contributed by atoms with E-state index >= 15 is 0 Å². The van der Waals surface area contributed by atoms with Gasteiger partial charge in [0.2, 0.25) is 0 Å². The lowest BCUT2D eigenvalue weighted by molar-refractivity contribution is -0.209. The second-order valence-corrected chi connectivity index (χ2v) is 8.76. The third kappa shape index (κ3) is 4.43. The SMILES string of the molecule is COC[C@@H]1CCO[C@H]([C]2[CH][CH][CH][C]2P(c2ccccc2)c2ccccc2)O1. The van der Waals surface area contributed by atoms with Crippen molar-refractivity contribution in [3.63, 3.8) is 0 Å². The van der Waals surface area contributed by atoms with E-state index in [4.69, 9.17) is 14.2 Å². The van der Waals surface area contributed by atoms with Crippen molar-refractivity contribution >= 4 is 18.5 Å². The molecule has 1 saturated heterocycles. The van der Waals surface area contributed by atoms with Crippen molar-refractivity contribution in [1.82, 2.24) is 0 Å². The van der Waals surface area contributed by atoms with Gasteiger partial charge in [-0.05, 0) is 44.2 Å². The molecule has 0 spiro atoms. The van der Waals surface area contributed by atoms with Crippen LogP contribution in [0.2, 0.25) is 0 Å². The van der Waals surface area contributed by atoms with Crippen LogP contribution in [0, 0.1) is 30.8 Å². The van der Waals surface area contributed by atoms with Gasteiger partial charge in [0.05, 0.1) is 19.3 Å². The topological polar surface area (TPSA) is 27.7 Å². The van der Waals surface area contributed by atoms with E-state index in [-0.39, 0.29) is 12.4 Å². The molecule has 2 fully saturated rings. The van der Waals surface area contributed by atoms with Gasteiger partial charge >= 0.3 is 0 Å². The van der Waals surface area contributed by atoms with Crippen molar-refractivity contribution in [2.24, 2.45) is 0 Å². The third-order valence-electron chi connectivity index (χ3n) is 4.73. The molecule has 1 aliphatic heterocycles. The molecule has 27 heavy (non-hydrogen) atoms. The molecule has 2 aromatic carbocycles. The van der Waals surface area contributed by atoms with Gasteiger partial charge in [-0.2, -0.15) is 0 Å². The van der Waals surface area contributed by atoms with Crippen molar-refractivity contribution in [3.8, 4) is 0 Å². The maximum atomic E-state index is 6.20. The summed E-state index contributed by atoms with van der Waals surface area (Å²) in [4.78, 5) is 0. The Labute approximate surface area is 163 Å². The highest BCUT2D eigenvalue weighted by Gasteiger charge is 2.44. The monoisotopic (exact) mass is 379 g/mol. The minimum atomic E-state index is -0.668. The van der Waals surface area contributed by atoms with Crippen LogP contribution in [0.5, 0.6) is 0 Å². The third-order valence-corrected chi connectivity index (χ3v) is 7.25. The molecule has 0 amide bonds. The van der Waals surface area contributed by atoms with Gasteiger partial charge in [-0.1, -0.05) is 60.7 Å². The van der Waals surface area contributed by atoms with Crippen LogP contribution in [0.1, 0.15) is 6.42 Å². The largest absolute Gasteiger partial charge is 0.382 e. The average Bonchev–Trinajstić information content (AvgIpc) is 3.20. The summed E-state index contributed by atoms with van der Waals surface area (Å²) in [7, 11) is 1.05. The van der Waals surface area contributed by atoms with Crippen LogP contribution in [0.25, 0.3) is 0 Å². The molecule has 2 aliphatic rings. The van der Waals surface area contributed by atoms with Crippen molar-refractivity contribution in [3.05, 3.63) is 91.5 Å². The van der Waals surface area contributed by atoms with Crippen molar-refractivity contribution < 1.29 is 14.2 Å². The normalized spacial score (nSPS) is 24.5. The molecule has 0 bridgehead atoms. The van der Waals surface area contributed by atoms with E-state index in [1.807, 2.05) is 0 Å². The molecule has 0 N–H and O–H groups in total. The molecule has 139 valence electrons. The number of hydrogen-bond donors (Lipinski definition) is 0. The molecular weight excluding hydrogens is 355 g/mol. The van der Waals surface area contributed by atoms with Gasteiger partial charge in [-0.3, -0.25) is 0 Å². The summed E-state index contributed by atoms with van der Waals surface area (Å²) in [5.74, 6) is 1.13. The summed E-state index contributed by atoms with van der Waals surface area (Å²) < 4.78 is 17.5. The van der Waals surface area contributed by atoms with Gasteiger partial charge in [-0.15, -0.1) is 0 Å². The summed E-state index contributed by atoms with van der Waals surface area (Å²) in [5, 5.41) is 2.66. The van der Waals surface area contributed by atoms with E-state index in [0.717, 1.165) is 12.3 Å². The Morgan fingerprint density at radius 1 is 0.963 bits per heavy atom. The van der Waals surface area contributed by atoms with Gasteiger partial charge in [0.1, 0.15) is 0 Å². The summed E-state index contributed by atoms with van der Waals surface area (Å²) in [6.07, 6.45) is 7.08. The zero-order chi connectivity index (χ0) is 18.5. The fourth-order valence-electron chi connectivity index (χ4n) is 3.47. The summed E-state index contributed by atoms with van der Waals surface area (Å²) in [6, 6.07) is 21.4. The minimum Gasteiger partial charge on any atom is -0.382 e. The molecule has 1 heterocycles. The van der Waals surface area contributed by atoms with Crippen LogP contribution in [0.4, 0.5) is 0 Å². The summed E-state index contributed by atoms with van der Waals surface area (Å²) in [6.45, 7) is 1.29. The van der Waals surface area contributed by atoms with Crippen LogP contribution in [-0.2, 0) is 14.2 Å². The van der Waals surface area contributed by atoms with Crippen LogP contribution >= 0.6 is 7.92 Å². The van der Waals surface area contributed by atoms with Crippen LogP contribution < -0.4 is 10.6 Å². The zero-order valence-electron chi connectivity index (χ0n) is 15.5. The molecular formula is C23H24O3P. The standard InChI is InChI=1S/C23H24O3P/c1-24-17-18-15-16-25-23(26-18)21-13-8-14-22(21)27(19-9-4-2-5-10-19)20-11-6-3-7-12-20/h2-14,18,23H,15-17H2,1H3/t18-,23-/m0/s1. The first kappa shape index (κ1) is 19.1.